The maximum Gasteiger partial charge on any atom is 0.123 e. The van der Waals surface area contributed by atoms with Crippen molar-refractivity contribution >= 4 is 0 Å². The van der Waals surface area contributed by atoms with Crippen LogP contribution in [0.2, 0.25) is 0 Å². The first-order chi connectivity index (χ1) is 7.99. The minimum absolute atomic E-state index is 0.164. The van der Waals surface area contributed by atoms with Gasteiger partial charge in [-0.05, 0) is 49.4 Å². The maximum atomic E-state index is 12.8. The van der Waals surface area contributed by atoms with Crippen LogP contribution in [-0.2, 0) is 6.42 Å². The molecule has 1 N–H and O–H groups in total. The van der Waals surface area contributed by atoms with Gasteiger partial charge in [0.2, 0.25) is 0 Å². The van der Waals surface area contributed by atoms with Crippen LogP contribution in [0.1, 0.15) is 33.3 Å². The zero-order valence-electron chi connectivity index (χ0n) is 11.3. The summed E-state index contributed by atoms with van der Waals surface area (Å²) >= 11 is 0. The quantitative estimate of drug-likeness (QED) is 0.796. The molecule has 0 aromatic heterocycles. The van der Waals surface area contributed by atoms with Crippen molar-refractivity contribution in [2.24, 2.45) is 11.8 Å². The van der Waals surface area contributed by atoms with Crippen LogP contribution >= 0.6 is 0 Å². The second-order valence-electron chi connectivity index (χ2n) is 5.36. The van der Waals surface area contributed by atoms with E-state index in [1.807, 2.05) is 12.1 Å². The summed E-state index contributed by atoms with van der Waals surface area (Å²) in [6.07, 6.45) is 0.949. The first kappa shape index (κ1) is 14.2. The van der Waals surface area contributed by atoms with Gasteiger partial charge in [-0.2, -0.15) is 0 Å². The summed E-state index contributed by atoms with van der Waals surface area (Å²) in [5.74, 6) is 1.23. The number of benzene rings is 1. The molecular weight excluding hydrogens is 213 g/mol. The molecule has 0 radical (unpaired) electrons. The molecule has 0 amide bonds. The fourth-order valence-corrected chi connectivity index (χ4v) is 1.67. The molecule has 0 aliphatic heterocycles. The Morgan fingerprint density at radius 3 is 2.18 bits per heavy atom. The van der Waals surface area contributed by atoms with Crippen LogP contribution in [0, 0.1) is 17.7 Å². The van der Waals surface area contributed by atoms with E-state index in [-0.39, 0.29) is 5.82 Å². The molecule has 0 aliphatic rings. The largest absolute Gasteiger partial charge is 0.314 e. The van der Waals surface area contributed by atoms with E-state index in [9.17, 15) is 4.39 Å². The highest BCUT2D eigenvalue weighted by Crippen LogP contribution is 2.09. The van der Waals surface area contributed by atoms with Gasteiger partial charge in [0.1, 0.15) is 5.82 Å². The molecule has 0 saturated carbocycles. The summed E-state index contributed by atoms with van der Waals surface area (Å²) in [5.41, 5.74) is 1.18. The van der Waals surface area contributed by atoms with Crippen molar-refractivity contribution in [1.29, 1.82) is 0 Å². The van der Waals surface area contributed by atoms with Crippen LogP contribution in [0.3, 0.4) is 0 Å². The van der Waals surface area contributed by atoms with Crippen LogP contribution in [0.4, 0.5) is 4.39 Å². The predicted octanol–water partition coefficient (Wildman–Crippen LogP) is 3.64. The van der Waals surface area contributed by atoms with E-state index < -0.39 is 0 Å². The predicted molar refractivity (Wildman–Crippen MR) is 71.6 cm³/mol. The molecule has 2 unspecified atom stereocenters. The molecule has 2 atom stereocenters. The minimum atomic E-state index is -0.164. The van der Waals surface area contributed by atoms with Gasteiger partial charge in [-0.25, -0.2) is 4.39 Å². The molecule has 17 heavy (non-hydrogen) atoms. The SMILES string of the molecule is CC(Cc1ccc(F)cc1)NCC(C)C(C)C. The molecule has 96 valence electrons. The Balaban J connectivity index is 2.34. The van der Waals surface area contributed by atoms with Crippen molar-refractivity contribution in [3.63, 3.8) is 0 Å². The smallest absolute Gasteiger partial charge is 0.123 e. The van der Waals surface area contributed by atoms with Crippen molar-refractivity contribution in [2.75, 3.05) is 6.54 Å². The van der Waals surface area contributed by atoms with Crippen LogP contribution in [0.15, 0.2) is 24.3 Å². The van der Waals surface area contributed by atoms with E-state index in [4.69, 9.17) is 0 Å². The average molecular weight is 237 g/mol. The Kier molecular flexibility index (Phi) is 5.63. The van der Waals surface area contributed by atoms with Crippen molar-refractivity contribution < 1.29 is 4.39 Å². The van der Waals surface area contributed by atoms with Gasteiger partial charge in [0.15, 0.2) is 0 Å². The van der Waals surface area contributed by atoms with Crippen molar-refractivity contribution in [2.45, 2.75) is 40.2 Å². The molecule has 1 aromatic carbocycles. The number of halogens is 1. The van der Waals surface area contributed by atoms with Gasteiger partial charge in [0.25, 0.3) is 0 Å². The van der Waals surface area contributed by atoms with Gasteiger partial charge < -0.3 is 5.32 Å². The molecule has 0 bridgehead atoms. The van der Waals surface area contributed by atoms with E-state index in [1.165, 1.54) is 17.7 Å². The highest BCUT2D eigenvalue weighted by Gasteiger charge is 2.09. The lowest BCUT2D eigenvalue weighted by atomic mass is 9.97. The van der Waals surface area contributed by atoms with Crippen molar-refractivity contribution in [1.82, 2.24) is 5.32 Å². The van der Waals surface area contributed by atoms with E-state index in [1.54, 1.807) is 0 Å². The molecular formula is C15H24FN. The lowest BCUT2D eigenvalue weighted by molar-refractivity contribution is 0.372. The lowest BCUT2D eigenvalue weighted by Gasteiger charge is -2.20. The van der Waals surface area contributed by atoms with Gasteiger partial charge in [-0.1, -0.05) is 32.9 Å². The number of nitrogens with one attached hydrogen (secondary N) is 1. The Morgan fingerprint density at radius 1 is 1.06 bits per heavy atom. The molecule has 1 nitrogen and oxygen atoms in total. The van der Waals surface area contributed by atoms with Gasteiger partial charge in [-0.3, -0.25) is 0 Å². The summed E-state index contributed by atoms with van der Waals surface area (Å²) in [6, 6.07) is 7.21. The van der Waals surface area contributed by atoms with E-state index in [0.29, 0.717) is 17.9 Å². The van der Waals surface area contributed by atoms with Crippen LogP contribution < -0.4 is 5.32 Å². The zero-order valence-corrected chi connectivity index (χ0v) is 11.3. The van der Waals surface area contributed by atoms with Gasteiger partial charge in [0.05, 0.1) is 0 Å². The Hall–Kier alpha value is -0.890. The molecule has 1 aromatic rings. The van der Waals surface area contributed by atoms with Crippen LogP contribution in [0.5, 0.6) is 0 Å². The lowest BCUT2D eigenvalue weighted by Crippen LogP contribution is -2.33. The number of hydrogen-bond donors (Lipinski definition) is 1. The summed E-state index contributed by atoms with van der Waals surface area (Å²) in [4.78, 5) is 0. The van der Waals surface area contributed by atoms with Crippen LogP contribution in [0.25, 0.3) is 0 Å². The second-order valence-corrected chi connectivity index (χ2v) is 5.36. The first-order valence-electron chi connectivity index (χ1n) is 6.47. The Labute approximate surface area is 104 Å². The third-order valence-corrected chi connectivity index (χ3v) is 3.38. The molecule has 2 heteroatoms. The topological polar surface area (TPSA) is 12.0 Å². The standard InChI is InChI=1S/C15H24FN/c1-11(2)12(3)10-17-13(4)9-14-5-7-15(16)8-6-14/h5-8,11-13,17H,9-10H2,1-4H3. The minimum Gasteiger partial charge on any atom is -0.314 e. The number of rotatable bonds is 6. The normalized spacial score (nSPS) is 14.9. The monoisotopic (exact) mass is 237 g/mol. The Morgan fingerprint density at radius 2 is 1.65 bits per heavy atom. The second kappa shape index (κ2) is 6.75. The maximum absolute atomic E-state index is 12.8. The van der Waals surface area contributed by atoms with Crippen molar-refractivity contribution in [3.05, 3.63) is 35.6 Å². The fraction of sp³-hybridized carbons (Fsp3) is 0.600. The summed E-state index contributed by atoms with van der Waals surface area (Å²) in [6.45, 7) is 9.98. The highest BCUT2D eigenvalue weighted by atomic mass is 19.1. The van der Waals surface area contributed by atoms with Gasteiger partial charge >= 0.3 is 0 Å². The van der Waals surface area contributed by atoms with Gasteiger partial charge in [0, 0.05) is 6.04 Å². The number of hydrogen-bond acceptors (Lipinski definition) is 1. The summed E-state index contributed by atoms with van der Waals surface area (Å²) in [7, 11) is 0. The third kappa shape index (κ3) is 5.31. The highest BCUT2D eigenvalue weighted by molar-refractivity contribution is 5.16. The van der Waals surface area contributed by atoms with Crippen molar-refractivity contribution in [3.8, 4) is 0 Å². The van der Waals surface area contributed by atoms with Gasteiger partial charge in [-0.15, -0.1) is 0 Å². The summed E-state index contributed by atoms with van der Waals surface area (Å²) < 4.78 is 12.8. The van der Waals surface area contributed by atoms with E-state index >= 15 is 0 Å². The molecule has 1 rings (SSSR count). The summed E-state index contributed by atoms with van der Waals surface area (Å²) in [5, 5.41) is 3.53. The molecule has 0 heterocycles. The molecule has 0 aliphatic carbocycles. The van der Waals surface area contributed by atoms with E-state index in [0.717, 1.165) is 13.0 Å². The Bertz CT molecular complexity index is 318. The average Bonchev–Trinajstić information content (AvgIpc) is 2.29. The molecule has 0 fully saturated rings. The third-order valence-electron chi connectivity index (χ3n) is 3.38. The van der Waals surface area contributed by atoms with Crippen LogP contribution in [-0.4, -0.2) is 12.6 Å². The molecule has 0 saturated heterocycles. The molecule has 0 spiro atoms. The first-order valence-corrected chi connectivity index (χ1v) is 6.47. The van der Waals surface area contributed by atoms with E-state index in [2.05, 4.69) is 33.0 Å². The fourth-order valence-electron chi connectivity index (χ4n) is 1.67. The zero-order chi connectivity index (χ0) is 12.8.